The van der Waals surface area contributed by atoms with Gasteiger partial charge in [0.25, 0.3) is 5.91 Å². The zero-order valence-electron chi connectivity index (χ0n) is 26.9. The molecule has 0 spiro atoms. The van der Waals surface area contributed by atoms with Gasteiger partial charge >= 0.3 is 5.97 Å². The summed E-state index contributed by atoms with van der Waals surface area (Å²) >= 11 is 0. The standard InChI is InChI=1S/C39H42N4O4/c1-42-22-23-43-33-24-28(15-18-32(33)35(27-8-3-2-4-9-27)36(43)31-11-6-5-10-29(31)25-42)37(46)41-39(20-7-21-39)38(47)40-30-16-12-26(13-17-30)14-19-34(44)45/h5-6,10-19,24,27H,2-4,7-9,20-23,25H2,1H3,(H,40,47)(H,41,46)(H,44,45)/b19-14+. The van der Waals surface area contributed by atoms with Gasteiger partial charge in [0.1, 0.15) is 5.54 Å². The van der Waals surface area contributed by atoms with Crippen LogP contribution >= 0.6 is 0 Å². The number of anilines is 1. The van der Waals surface area contributed by atoms with Crippen molar-refractivity contribution < 1.29 is 19.5 Å². The maximum atomic E-state index is 13.9. The number of likely N-dealkylation sites (N-methyl/N-ethyl adjacent to an activating group) is 1. The van der Waals surface area contributed by atoms with Crippen molar-refractivity contribution in [2.75, 3.05) is 18.9 Å². The Balaban J connectivity index is 1.20. The second-order valence-electron chi connectivity index (χ2n) is 13.5. The molecule has 3 aliphatic rings. The van der Waals surface area contributed by atoms with Crippen molar-refractivity contribution in [3.8, 4) is 11.3 Å². The van der Waals surface area contributed by atoms with E-state index < -0.39 is 11.5 Å². The summed E-state index contributed by atoms with van der Waals surface area (Å²) in [5.41, 5.74) is 7.35. The number of aromatic nitrogens is 1. The van der Waals surface area contributed by atoms with Gasteiger partial charge in [-0.15, -0.1) is 0 Å². The number of rotatable bonds is 7. The second-order valence-corrected chi connectivity index (χ2v) is 13.5. The van der Waals surface area contributed by atoms with Crippen molar-refractivity contribution in [3.05, 3.63) is 95.1 Å². The fourth-order valence-electron chi connectivity index (χ4n) is 7.70. The SMILES string of the molecule is CN1CCn2c(c(C3CCCCC3)c3ccc(C(=O)NC4(C(=O)Nc5ccc(/C=C/C(=O)O)cc5)CCC4)cc32)-c2ccccc2C1. The van der Waals surface area contributed by atoms with Crippen molar-refractivity contribution in [1.29, 1.82) is 0 Å². The van der Waals surface area contributed by atoms with Gasteiger partial charge in [0.05, 0.1) is 5.69 Å². The molecule has 3 N–H and O–H groups in total. The molecule has 0 saturated heterocycles. The summed E-state index contributed by atoms with van der Waals surface area (Å²) < 4.78 is 2.45. The van der Waals surface area contributed by atoms with Gasteiger partial charge in [0, 0.05) is 53.4 Å². The molecule has 8 heteroatoms. The van der Waals surface area contributed by atoms with Crippen LogP contribution < -0.4 is 10.6 Å². The third-order valence-corrected chi connectivity index (χ3v) is 10.4. The van der Waals surface area contributed by atoms with Crippen LogP contribution in [0.2, 0.25) is 0 Å². The first-order valence-electron chi connectivity index (χ1n) is 16.9. The molecular formula is C39H42N4O4. The molecule has 2 amide bonds. The number of nitrogens with zero attached hydrogens (tertiary/aromatic N) is 2. The van der Waals surface area contributed by atoms with E-state index in [1.807, 2.05) is 12.1 Å². The highest BCUT2D eigenvalue weighted by molar-refractivity contribution is 6.06. The Labute approximate surface area is 275 Å². The van der Waals surface area contributed by atoms with Gasteiger partial charge in [-0.3, -0.25) is 9.59 Å². The first kappa shape index (κ1) is 30.9. The smallest absolute Gasteiger partial charge is 0.328 e. The Morgan fingerprint density at radius 1 is 0.915 bits per heavy atom. The summed E-state index contributed by atoms with van der Waals surface area (Å²) in [4.78, 5) is 40.7. The Bertz CT molecular complexity index is 1860. The van der Waals surface area contributed by atoms with Crippen molar-refractivity contribution in [1.82, 2.24) is 14.8 Å². The maximum absolute atomic E-state index is 13.9. The minimum atomic E-state index is -1.02. The van der Waals surface area contributed by atoms with E-state index in [1.54, 1.807) is 24.3 Å². The van der Waals surface area contributed by atoms with E-state index >= 15 is 0 Å². The summed E-state index contributed by atoms with van der Waals surface area (Å²) in [7, 11) is 2.17. The molecule has 0 atom stereocenters. The molecule has 3 aromatic carbocycles. The van der Waals surface area contributed by atoms with Crippen molar-refractivity contribution in [3.63, 3.8) is 0 Å². The number of carboxylic acids is 1. The molecule has 4 aromatic rings. The van der Waals surface area contributed by atoms with Crippen molar-refractivity contribution >= 4 is 40.4 Å². The Hall–Kier alpha value is -4.69. The predicted octanol–water partition coefficient (Wildman–Crippen LogP) is 7.19. The van der Waals surface area contributed by atoms with Crippen LogP contribution in [0.3, 0.4) is 0 Å². The van der Waals surface area contributed by atoms with Crippen LogP contribution in [-0.2, 0) is 22.7 Å². The lowest BCUT2D eigenvalue weighted by atomic mass is 9.75. The average Bonchev–Trinajstić information content (AvgIpc) is 3.37. The van der Waals surface area contributed by atoms with Crippen LogP contribution in [0.15, 0.2) is 72.8 Å². The lowest BCUT2D eigenvalue weighted by Crippen LogP contribution is -2.61. The van der Waals surface area contributed by atoms with E-state index in [0.717, 1.165) is 37.6 Å². The van der Waals surface area contributed by atoms with Gasteiger partial charge in [0.2, 0.25) is 5.91 Å². The number of nitrogens with one attached hydrogen (secondary N) is 2. The van der Waals surface area contributed by atoms with Gasteiger partial charge < -0.3 is 25.2 Å². The summed E-state index contributed by atoms with van der Waals surface area (Å²) in [5, 5.41) is 16.2. The fourth-order valence-corrected chi connectivity index (χ4v) is 7.70. The van der Waals surface area contributed by atoms with Gasteiger partial charge in [-0.2, -0.15) is 0 Å². The number of carbonyl (C=O) groups excluding carboxylic acids is 2. The number of amides is 2. The summed E-state index contributed by atoms with van der Waals surface area (Å²) in [6.07, 6.45) is 10.7. The third-order valence-electron chi connectivity index (χ3n) is 10.4. The molecule has 1 aromatic heterocycles. The molecule has 2 fully saturated rings. The zero-order valence-corrected chi connectivity index (χ0v) is 26.9. The molecule has 7 rings (SSSR count). The van der Waals surface area contributed by atoms with Crippen LogP contribution in [-0.4, -0.2) is 51.5 Å². The van der Waals surface area contributed by atoms with Gasteiger partial charge in [0.15, 0.2) is 0 Å². The molecule has 47 heavy (non-hydrogen) atoms. The van der Waals surface area contributed by atoms with Crippen LogP contribution in [0.4, 0.5) is 5.69 Å². The molecule has 1 aliphatic heterocycles. The Morgan fingerprint density at radius 3 is 2.40 bits per heavy atom. The minimum Gasteiger partial charge on any atom is -0.478 e. The Kier molecular flexibility index (Phi) is 8.45. The van der Waals surface area contributed by atoms with E-state index in [9.17, 15) is 14.4 Å². The lowest BCUT2D eigenvalue weighted by Gasteiger charge is -2.40. The Morgan fingerprint density at radius 2 is 1.68 bits per heavy atom. The quantitative estimate of drug-likeness (QED) is 0.188. The molecule has 2 heterocycles. The summed E-state index contributed by atoms with van der Waals surface area (Å²) in [5.74, 6) is -1.00. The predicted molar refractivity (Wildman–Crippen MR) is 185 cm³/mol. The molecule has 0 bridgehead atoms. The number of aliphatic carboxylic acids is 1. The summed E-state index contributed by atoms with van der Waals surface area (Å²) in [6, 6.07) is 21.9. The van der Waals surface area contributed by atoms with E-state index in [0.29, 0.717) is 35.6 Å². The number of fused-ring (bicyclic) bond motifs is 5. The number of carbonyl (C=O) groups is 3. The van der Waals surface area contributed by atoms with Crippen LogP contribution in [0.25, 0.3) is 28.2 Å². The summed E-state index contributed by atoms with van der Waals surface area (Å²) in [6.45, 7) is 2.66. The molecule has 2 saturated carbocycles. The van der Waals surface area contributed by atoms with Gasteiger partial charge in [-0.25, -0.2) is 4.79 Å². The van der Waals surface area contributed by atoms with E-state index in [2.05, 4.69) is 57.5 Å². The largest absolute Gasteiger partial charge is 0.478 e. The number of benzene rings is 3. The highest BCUT2D eigenvalue weighted by Gasteiger charge is 2.45. The van der Waals surface area contributed by atoms with Crippen LogP contribution in [0.5, 0.6) is 0 Å². The van der Waals surface area contributed by atoms with E-state index in [4.69, 9.17) is 5.11 Å². The second kappa shape index (κ2) is 12.8. The first-order chi connectivity index (χ1) is 22.8. The molecule has 0 unspecified atom stereocenters. The first-order valence-corrected chi connectivity index (χ1v) is 16.9. The number of carboxylic acid groups (broad SMARTS) is 1. The lowest BCUT2D eigenvalue weighted by molar-refractivity contribution is -0.131. The van der Waals surface area contributed by atoms with Crippen LogP contribution in [0, 0.1) is 0 Å². The van der Waals surface area contributed by atoms with Crippen molar-refractivity contribution in [2.45, 2.75) is 75.9 Å². The molecule has 0 radical (unpaired) electrons. The zero-order chi connectivity index (χ0) is 32.5. The topological polar surface area (TPSA) is 104 Å². The fraction of sp³-hybridized carbons (Fsp3) is 0.359. The molecule has 2 aliphatic carbocycles. The van der Waals surface area contributed by atoms with E-state index in [1.165, 1.54) is 66.0 Å². The normalized spacial score (nSPS) is 18.1. The molecule has 8 nitrogen and oxygen atoms in total. The average molecular weight is 631 g/mol. The minimum absolute atomic E-state index is 0.237. The van der Waals surface area contributed by atoms with Crippen molar-refractivity contribution in [2.24, 2.45) is 0 Å². The molecule has 242 valence electrons. The highest BCUT2D eigenvalue weighted by atomic mass is 16.4. The number of hydrogen-bond acceptors (Lipinski definition) is 4. The van der Waals surface area contributed by atoms with E-state index in [-0.39, 0.29) is 11.8 Å². The van der Waals surface area contributed by atoms with Gasteiger partial charge in [-0.05, 0) is 92.1 Å². The maximum Gasteiger partial charge on any atom is 0.328 e. The number of hydrogen-bond donors (Lipinski definition) is 3. The molecular weight excluding hydrogens is 588 g/mol. The van der Waals surface area contributed by atoms with Gasteiger partial charge in [-0.1, -0.05) is 61.7 Å². The highest BCUT2D eigenvalue weighted by Crippen LogP contribution is 2.45. The monoisotopic (exact) mass is 630 g/mol. The third kappa shape index (κ3) is 6.10. The van der Waals surface area contributed by atoms with Crippen LogP contribution in [0.1, 0.15) is 84.3 Å².